The third-order valence-corrected chi connectivity index (χ3v) is 8.46. The number of amides is 3. The minimum Gasteiger partial charge on any atom is -0.328 e. The number of carbonyl (C=O) groups is 2. The van der Waals surface area contributed by atoms with E-state index in [1.54, 1.807) is 24.4 Å². The summed E-state index contributed by atoms with van der Waals surface area (Å²) in [5, 5.41) is 8.41. The fourth-order valence-electron chi connectivity index (χ4n) is 6.17. The lowest BCUT2D eigenvalue weighted by Crippen LogP contribution is -2.48. The lowest BCUT2D eigenvalue weighted by atomic mass is 9.71. The molecule has 0 N–H and O–H groups in total. The van der Waals surface area contributed by atoms with E-state index in [-0.39, 0.29) is 29.8 Å². The van der Waals surface area contributed by atoms with Gasteiger partial charge in [0, 0.05) is 32.9 Å². The normalized spacial score (nSPS) is 24.5. The molecule has 1 aromatic rings. The van der Waals surface area contributed by atoms with E-state index < -0.39 is 23.6 Å². The average molecular weight is 553 g/mol. The summed E-state index contributed by atoms with van der Waals surface area (Å²) in [6.45, 7) is 1.06. The van der Waals surface area contributed by atoms with Crippen molar-refractivity contribution in [2.45, 2.75) is 43.7 Å². The van der Waals surface area contributed by atoms with Gasteiger partial charge < -0.3 is 9.80 Å². The van der Waals surface area contributed by atoms with Crippen molar-refractivity contribution in [3.05, 3.63) is 76.8 Å². The van der Waals surface area contributed by atoms with E-state index in [2.05, 4.69) is 10.2 Å². The molecule has 1 unspecified atom stereocenters. The summed E-state index contributed by atoms with van der Waals surface area (Å²) in [5.74, 6) is -0.921. The van der Waals surface area contributed by atoms with Gasteiger partial charge in [-0.2, -0.15) is 13.2 Å². The van der Waals surface area contributed by atoms with Crippen LogP contribution in [0.5, 0.6) is 0 Å². The van der Waals surface area contributed by atoms with E-state index in [0.717, 1.165) is 48.4 Å². The van der Waals surface area contributed by atoms with Crippen molar-refractivity contribution in [1.29, 1.82) is 0 Å². The molecule has 1 radical (unpaired) electrons. The largest absolute Gasteiger partial charge is 0.418 e. The number of alkyl halides is 3. The van der Waals surface area contributed by atoms with E-state index in [1.165, 1.54) is 17.2 Å². The van der Waals surface area contributed by atoms with Crippen molar-refractivity contribution in [1.82, 2.24) is 14.7 Å². The van der Waals surface area contributed by atoms with Gasteiger partial charge >= 0.3 is 24.7 Å². The second kappa shape index (κ2) is 10.0. The maximum absolute atomic E-state index is 14.2. The molecule has 2 atom stereocenters. The van der Waals surface area contributed by atoms with Gasteiger partial charge in [-0.05, 0) is 59.1 Å². The van der Waals surface area contributed by atoms with E-state index in [4.69, 9.17) is 0 Å². The summed E-state index contributed by atoms with van der Waals surface area (Å²) in [6, 6.07) is 7.34. The van der Waals surface area contributed by atoms with Crippen LogP contribution < -0.4 is 0 Å². The number of azo groups is 1. The average Bonchev–Trinajstić information content (AvgIpc) is 3.46. The van der Waals surface area contributed by atoms with Gasteiger partial charge in [0.15, 0.2) is 0 Å². The number of benzene rings is 1. The minimum atomic E-state index is -4.66. The molecule has 1 aromatic carbocycles. The molecule has 40 heavy (non-hydrogen) atoms. The zero-order chi connectivity index (χ0) is 28.2. The first kappa shape index (κ1) is 26.5. The highest BCUT2D eigenvalue weighted by atomic mass is 19.4. The number of nitrogens with zero attached hydrogens (tertiary/aromatic N) is 6. The summed E-state index contributed by atoms with van der Waals surface area (Å²) in [6.07, 6.45) is 5.76. The van der Waals surface area contributed by atoms with Gasteiger partial charge in [-0.1, -0.05) is 30.7 Å². The highest BCUT2D eigenvalue weighted by Gasteiger charge is 2.46. The number of likely N-dealkylation sites (N-methyl/N-ethyl adjacent to an activating group) is 1. The van der Waals surface area contributed by atoms with Crippen molar-refractivity contribution < 1.29 is 27.3 Å². The van der Waals surface area contributed by atoms with Gasteiger partial charge in [0.1, 0.15) is 0 Å². The Bertz CT molecular complexity index is 1390. The maximum Gasteiger partial charge on any atom is 0.418 e. The van der Waals surface area contributed by atoms with Crippen LogP contribution in [-0.2, 0) is 4.79 Å². The molecule has 0 spiro atoms. The molecule has 0 bridgehead atoms. The third-order valence-electron chi connectivity index (χ3n) is 8.46. The first-order valence-corrected chi connectivity index (χ1v) is 13.6. The van der Waals surface area contributed by atoms with E-state index in [9.17, 15) is 22.8 Å². The monoisotopic (exact) mass is 552 g/mol. The quantitative estimate of drug-likeness (QED) is 0.458. The van der Waals surface area contributed by atoms with Gasteiger partial charge in [-0.15, -0.1) is 0 Å². The van der Waals surface area contributed by atoms with E-state index >= 15 is 0 Å². The molecular formula is C29H31F3N6O2+. The lowest BCUT2D eigenvalue weighted by Gasteiger charge is -2.35. The molecule has 8 nitrogen and oxygen atoms in total. The van der Waals surface area contributed by atoms with Gasteiger partial charge in [-0.3, -0.25) is 9.69 Å². The van der Waals surface area contributed by atoms with Crippen LogP contribution in [0.25, 0.3) is 0 Å². The van der Waals surface area contributed by atoms with Crippen LogP contribution in [0, 0.1) is 12.1 Å². The smallest absolute Gasteiger partial charge is 0.328 e. The molecule has 4 heterocycles. The molecule has 1 saturated carbocycles. The van der Waals surface area contributed by atoms with Crippen LogP contribution in [0.3, 0.4) is 0 Å². The third kappa shape index (κ3) is 4.65. The lowest BCUT2D eigenvalue weighted by molar-refractivity contribution is -0.480. The van der Waals surface area contributed by atoms with Crippen LogP contribution in [0.1, 0.15) is 48.6 Å². The van der Waals surface area contributed by atoms with Gasteiger partial charge in [-0.25, -0.2) is 9.37 Å². The Hall–Kier alpha value is -3.76. The Morgan fingerprint density at radius 1 is 1.15 bits per heavy atom. The molecule has 2 fully saturated rings. The maximum atomic E-state index is 14.2. The summed E-state index contributed by atoms with van der Waals surface area (Å²) in [7, 11) is 3.57. The molecule has 11 heteroatoms. The fraction of sp³-hybridized carbons (Fsp3) is 0.448. The predicted octanol–water partition coefficient (Wildman–Crippen LogP) is 5.15. The Balaban J connectivity index is 1.32. The Morgan fingerprint density at radius 2 is 1.95 bits per heavy atom. The Morgan fingerprint density at radius 3 is 2.62 bits per heavy atom. The SMILES string of the molecule is CN1CCCN(CC2=CN3C(=O)C(c4cccc([C@H]([C]5N=NC=[N+]5C)C5CCC5)c4)C=C3C(C(F)(F)F)=C2)C1=O. The van der Waals surface area contributed by atoms with Crippen LogP contribution in [0.2, 0.25) is 0 Å². The molecule has 3 amide bonds. The Kier molecular flexibility index (Phi) is 6.62. The first-order chi connectivity index (χ1) is 19.1. The number of urea groups is 1. The molecule has 0 aromatic heterocycles. The Labute approximate surface area is 230 Å². The second-order valence-electron chi connectivity index (χ2n) is 11.1. The van der Waals surface area contributed by atoms with Crippen molar-refractivity contribution in [2.24, 2.45) is 16.1 Å². The zero-order valence-corrected chi connectivity index (χ0v) is 22.4. The van der Waals surface area contributed by atoms with Crippen LogP contribution in [0.15, 0.2) is 69.7 Å². The predicted molar refractivity (Wildman–Crippen MR) is 141 cm³/mol. The summed E-state index contributed by atoms with van der Waals surface area (Å²) < 4.78 is 44.6. The standard InChI is InChI=1S/C29H31F3N6O2/c1-35-10-5-11-37(28(35)40)15-18-12-23(29(30,31)32)24-14-22(27(39)38(24)16-18)20-8-4-9-21(13-20)25(19-6-3-7-19)26-34-33-17-36(26)2/h4,8-9,12-14,16-17,19,22,25H,3,5-7,10-11,15H2,1-2H3/q+1/t22?,25-/m1/s1. The number of halogens is 3. The number of hydrogen-bond donors (Lipinski definition) is 0. The molecule has 6 rings (SSSR count). The topological polar surface area (TPSA) is 71.6 Å². The van der Waals surface area contributed by atoms with Gasteiger partial charge in [0.2, 0.25) is 5.91 Å². The highest BCUT2D eigenvalue weighted by molar-refractivity contribution is 5.93. The summed E-state index contributed by atoms with van der Waals surface area (Å²) in [4.78, 5) is 30.4. The van der Waals surface area contributed by atoms with Crippen molar-refractivity contribution in [3.8, 4) is 0 Å². The number of hydrogen-bond acceptors (Lipinski definition) is 4. The van der Waals surface area contributed by atoms with E-state index in [1.807, 2.05) is 29.8 Å². The van der Waals surface area contributed by atoms with Crippen molar-refractivity contribution in [2.75, 3.05) is 33.7 Å². The molecule has 1 saturated heterocycles. The fourth-order valence-corrected chi connectivity index (χ4v) is 6.17. The van der Waals surface area contributed by atoms with Crippen LogP contribution in [-0.4, -0.2) is 77.5 Å². The molecule has 1 aliphatic carbocycles. The highest BCUT2D eigenvalue weighted by Crippen LogP contribution is 2.47. The van der Waals surface area contributed by atoms with Crippen molar-refractivity contribution >= 4 is 18.3 Å². The second-order valence-corrected chi connectivity index (χ2v) is 11.1. The molecule has 209 valence electrons. The van der Waals surface area contributed by atoms with Crippen LogP contribution in [0.4, 0.5) is 18.0 Å². The summed E-state index contributed by atoms with van der Waals surface area (Å²) in [5.41, 5.74) is 0.845. The number of allylic oxidation sites excluding steroid dienone is 1. The molecule has 4 aliphatic heterocycles. The van der Waals surface area contributed by atoms with E-state index in [0.29, 0.717) is 24.6 Å². The van der Waals surface area contributed by atoms with Crippen molar-refractivity contribution in [3.63, 3.8) is 0 Å². The van der Waals surface area contributed by atoms with Crippen LogP contribution >= 0.6 is 0 Å². The van der Waals surface area contributed by atoms with Gasteiger partial charge in [0.05, 0.1) is 35.3 Å². The minimum absolute atomic E-state index is 0.000728. The zero-order valence-electron chi connectivity index (χ0n) is 22.4. The van der Waals surface area contributed by atoms with Gasteiger partial charge in [0.25, 0.3) is 0 Å². The molecule has 5 aliphatic rings. The number of carbonyl (C=O) groups excluding carboxylic acids is 2. The summed E-state index contributed by atoms with van der Waals surface area (Å²) >= 11 is 0. The number of fused-ring (bicyclic) bond motifs is 1. The number of rotatable bonds is 6. The first-order valence-electron chi connectivity index (χ1n) is 13.6. The molecular weight excluding hydrogens is 521 g/mol.